The summed E-state index contributed by atoms with van der Waals surface area (Å²) in [5, 5.41) is 32.1. The molecule has 0 unspecified atom stereocenters. The van der Waals surface area contributed by atoms with Gasteiger partial charge >= 0.3 is 5.97 Å². The summed E-state index contributed by atoms with van der Waals surface area (Å²) in [7, 11) is 3.73. The third-order valence-electron chi connectivity index (χ3n) is 12.0. The number of aliphatic imine (C=N–C) groups is 1. The fourth-order valence-corrected chi connectivity index (χ4v) is 8.26. The van der Waals surface area contributed by atoms with Gasteiger partial charge in [-0.15, -0.1) is 0 Å². The van der Waals surface area contributed by atoms with Gasteiger partial charge in [-0.05, 0) is 73.0 Å². The highest BCUT2D eigenvalue weighted by Gasteiger charge is 2.51. The van der Waals surface area contributed by atoms with Crippen molar-refractivity contribution in [1.29, 1.82) is 0 Å². The van der Waals surface area contributed by atoms with Gasteiger partial charge in [0.2, 0.25) is 5.91 Å². The molecule has 0 radical (unpaired) electrons. The van der Waals surface area contributed by atoms with E-state index in [9.17, 15) is 24.6 Å². The Morgan fingerprint density at radius 3 is 2.47 bits per heavy atom. The summed E-state index contributed by atoms with van der Waals surface area (Å²) in [4.78, 5) is 58.1. The number of oxime groups is 1. The van der Waals surface area contributed by atoms with Gasteiger partial charge < -0.3 is 48.2 Å². The van der Waals surface area contributed by atoms with Crippen molar-refractivity contribution in [2.75, 3.05) is 27.3 Å². The van der Waals surface area contributed by atoms with Crippen molar-refractivity contribution in [1.82, 2.24) is 15.0 Å². The highest BCUT2D eigenvalue weighted by Crippen LogP contribution is 2.39. The number of amides is 1. The van der Waals surface area contributed by atoms with Gasteiger partial charge in [0.25, 0.3) is 0 Å². The first kappa shape index (κ1) is 47.1. The molecule has 3 saturated heterocycles. The first-order chi connectivity index (χ1) is 28.4. The number of carbonyl (C=O) groups is 3. The number of ether oxygens (including phenoxy) is 5. The molecule has 3 fully saturated rings. The van der Waals surface area contributed by atoms with Gasteiger partial charge in [-0.2, -0.15) is 0 Å². The first-order valence-electron chi connectivity index (χ1n) is 20.9. The largest absolute Gasteiger partial charge is 0.459 e. The summed E-state index contributed by atoms with van der Waals surface area (Å²) in [6.45, 7) is 13.3. The molecule has 0 saturated carbocycles. The lowest BCUT2D eigenvalue weighted by Gasteiger charge is -2.47. The number of esters is 1. The van der Waals surface area contributed by atoms with Crippen LogP contribution in [0.1, 0.15) is 93.1 Å². The standard InChI is InChI=1S/C43H63N5O12/c1-11-34-43(8,53)35-18-31(46-36(49)12-2)24(3)19-42(7,55-23-29(22-54-35)47-56-21-28-13-14-30(44-20-28)33-15-16-45-60-33)39(26(5)37(50)27(6)40(52)58-34)59-41-38(51)32(48(9)10)17-25(4)57-41/h13-16,20,24-27,32,34-35,38-39,41,51,53H,11-12,17-19,21-23H2,1-10H3/b46-31?,47-29+/t24-,25-,26+,27-,32+,34-,35-,38-,39-,41+,42-,43-/m1/s1. The van der Waals surface area contributed by atoms with Crippen molar-refractivity contribution in [3.05, 3.63) is 36.2 Å². The van der Waals surface area contributed by atoms with E-state index in [1.165, 1.54) is 20.0 Å². The highest BCUT2D eigenvalue weighted by atomic mass is 16.7. The number of nitrogens with zero attached hydrogens (tertiary/aromatic N) is 5. The van der Waals surface area contributed by atoms with E-state index in [0.29, 0.717) is 29.2 Å². The molecule has 1 amide bonds. The van der Waals surface area contributed by atoms with Crippen molar-refractivity contribution < 1.29 is 57.6 Å². The second kappa shape index (κ2) is 20.3. The normalized spacial score (nSPS) is 36.4. The molecule has 12 atom stereocenters. The zero-order valence-electron chi connectivity index (χ0n) is 36.5. The molecule has 3 aliphatic heterocycles. The van der Waals surface area contributed by atoms with Crippen LogP contribution in [-0.4, -0.2) is 136 Å². The maximum atomic E-state index is 14.5. The number of fused-ring (bicyclic) bond motifs is 5. The highest BCUT2D eigenvalue weighted by molar-refractivity contribution is 6.00. The van der Waals surface area contributed by atoms with Crippen molar-refractivity contribution >= 4 is 29.1 Å². The molecule has 2 N–H and O–H groups in total. The predicted molar refractivity (Wildman–Crippen MR) is 219 cm³/mol. The molecule has 17 nitrogen and oxygen atoms in total. The smallest absolute Gasteiger partial charge is 0.316 e. The molecule has 5 rings (SSSR count). The molecule has 2 aromatic heterocycles. The lowest BCUT2D eigenvalue weighted by Crippen LogP contribution is -2.59. The molecule has 2 bridgehead atoms. The molecule has 3 aliphatic rings. The third kappa shape index (κ3) is 11.1. The van der Waals surface area contributed by atoms with Crippen LogP contribution in [0.15, 0.2) is 45.3 Å². The van der Waals surface area contributed by atoms with Gasteiger partial charge in [0.05, 0.1) is 43.3 Å². The van der Waals surface area contributed by atoms with Crippen molar-refractivity contribution in [2.24, 2.45) is 27.9 Å². The second-order valence-electron chi connectivity index (χ2n) is 17.0. The van der Waals surface area contributed by atoms with Gasteiger partial charge in [-0.1, -0.05) is 44.1 Å². The number of Topliss-reactive ketones (excluding diaryl/α,β-unsaturated/α-hetero) is 1. The number of hydrogen-bond acceptors (Lipinski definition) is 16. The van der Waals surface area contributed by atoms with Gasteiger partial charge in [-0.3, -0.25) is 19.4 Å². The Balaban J connectivity index is 1.62. The molecule has 60 heavy (non-hydrogen) atoms. The van der Waals surface area contributed by atoms with Crippen LogP contribution in [0.4, 0.5) is 0 Å². The molecule has 0 aliphatic carbocycles. The molecular weight excluding hydrogens is 778 g/mol. The molecule has 332 valence electrons. The van der Waals surface area contributed by atoms with Gasteiger partial charge in [-0.25, -0.2) is 4.99 Å². The maximum absolute atomic E-state index is 14.5. The minimum Gasteiger partial charge on any atom is -0.459 e. The van der Waals surface area contributed by atoms with Crippen LogP contribution >= 0.6 is 0 Å². The summed E-state index contributed by atoms with van der Waals surface area (Å²) in [5.41, 5.74) is -1.23. The van der Waals surface area contributed by atoms with E-state index in [1.54, 1.807) is 46.0 Å². The monoisotopic (exact) mass is 841 g/mol. The van der Waals surface area contributed by atoms with E-state index >= 15 is 0 Å². The van der Waals surface area contributed by atoms with E-state index in [-0.39, 0.29) is 69.3 Å². The van der Waals surface area contributed by atoms with Crippen LogP contribution in [0.3, 0.4) is 0 Å². The molecular formula is C43H63N5O12. The minimum absolute atomic E-state index is 0.0244. The quantitative estimate of drug-likeness (QED) is 0.204. The zero-order chi connectivity index (χ0) is 43.9. The van der Waals surface area contributed by atoms with Crippen LogP contribution in [-0.2, 0) is 49.5 Å². The van der Waals surface area contributed by atoms with Crippen LogP contribution in [0.2, 0.25) is 0 Å². The van der Waals surface area contributed by atoms with Crippen molar-refractivity contribution in [3.8, 4) is 11.5 Å². The number of rotatable bonds is 9. The number of carbonyl (C=O) groups excluding carboxylic acids is 3. The van der Waals surface area contributed by atoms with E-state index in [1.807, 2.05) is 38.9 Å². The average molecular weight is 842 g/mol. The lowest BCUT2D eigenvalue weighted by atomic mass is 9.76. The number of pyridine rings is 1. The Hall–Kier alpha value is -3.97. The van der Waals surface area contributed by atoms with E-state index in [2.05, 4.69) is 20.3 Å². The van der Waals surface area contributed by atoms with Gasteiger partial charge in [0.1, 0.15) is 41.7 Å². The SMILES string of the molecule is CCC(=O)N=C1C[C@H]2OC/C(=N\OCc3ccc(-c4ccno4)nc3)CO[C@](C)(C[C@H]1C)[C@H](O[C@@H]1O[C@H](C)C[C@H](N(C)C)[C@H]1O)[C@@H](C)C(=O)[C@@H](C)C(=O)O[C@H](CC)[C@@]2(C)O. The van der Waals surface area contributed by atoms with Crippen LogP contribution in [0.5, 0.6) is 0 Å². The predicted octanol–water partition coefficient (Wildman–Crippen LogP) is 4.32. The summed E-state index contributed by atoms with van der Waals surface area (Å²) in [5.74, 6) is -3.99. The minimum atomic E-state index is -1.83. The summed E-state index contributed by atoms with van der Waals surface area (Å²) < 4.78 is 37.5. The number of cyclic esters (lactones) is 1. The Morgan fingerprint density at radius 2 is 1.83 bits per heavy atom. The van der Waals surface area contributed by atoms with Crippen LogP contribution in [0, 0.1) is 17.8 Å². The van der Waals surface area contributed by atoms with Crippen molar-refractivity contribution in [3.63, 3.8) is 0 Å². The lowest BCUT2D eigenvalue weighted by molar-refractivity contribution is -0.296. The maximum Gasteiger partial charge on any atom is 0.316 e. The van der Waals surface area contributed by atoms with E-state index < -0.39 is 71.4 Å². The zero-order valence-corrected chi connectivity index (χ0v) is 36.5. The number of ketones is 1. The topological polar surface area (TPSA) is 214 Å². The van der Waals surface area contributed by atoms with Crippen LogP contribution < -0.4 is 0 Å². The summed E-state index contributed by atoms with van der Waals surface area (Å²) in [6, 6.07) is 4.97. The van der Waals surface area contributed by atoms with Crippen molar-refractivity contribution in [2.45, 2.75) is 148 Å². The Morgan fingerprint density at radius 1 is 1.08 bits per heavy atom. The molecule has 2 aromatic rings. The first-order valence-corrected chi connectivity index (χ1v) is 20.9. The fourth-order valence-electron chi connectivity index (χ4n) is 8.26. The summed E-state index contributed by atoms with van der Waals surface area (Å²) >= 11 is 0. The number of aliphatic hydroxyl groups excluding tert-OH is 1. The van der Waals surface area contributed by atoms with Crippen LogP contribution in [0.25, 0.3) is 11.5 Å². The Labute approximate surface area is 352 Å². The third-order valence-corrected chi connectivity index (χ3v) is 12.0. The number of hydrogen-bond donors (Lipinski definition) is 2. The summed E-state index contributed by atoms with van der Waals surface area (Å²) in [6.07, 6.45) is -1.82. The Bertz CT molecular complexity index is 1820. The fraction of sp³-hybridized carbons (Fsp3) is 0.698. The van der Waals surface area contributed by atoms with Gasteiger partial charge in [0.15, 0.2) is 17.8 Å². The Kier molecular flexibility index (Phi) is 15.9. The average Bonchev–Trinajstić information content (AvgIpc) is 3.76. The number of likely N-dealkylation sites (N-methyl/N-ethyl adjacent to an activating group) is 1. The number of aliphatic hydroxyl groups is 2. The molecule has 17 heteroatoms. The molecule has 0 aromatic carbocycles. The van der Waals surface area contributed by atoms with E-state index in [0.717, 1.165) is 0 Å². The van der Waals surface area contributed by atoms with E-state index in [4.69, 9.17) is 33.0 Å². The molecule has 0 spiro atoms. The molecule has 5 heterocycles. The second-order valence-corrected chi connectivity index (χ2v) is 17.0. The van der Waals surface area contributed by atoms with Gasteiger partial charge in [0, 0.05) is 48.3 Å². The number of aromatic nitrogens is 2.